The number of hydrogen-bond donors (Lipinski definition) is 0. The van der Waals surface area contributed by atoms with Gasteiger partial charge in [0.05, 0.1) is 5.92 Å². The van der Waals surface area contributed by atoms with E-state index < -0.39 is 0 Å². The number of allylic oxidation sites excluding steroid dienone is 2. The molecule has 1 unspecified atom stereocenters. The Kier molecular flexibility index (Phi) is 2.88. The minimum absolute atomic E-state index is 0.0173. The van der Waals surface area contributed by atoms with E-state index in [1.165, 1.54) is 0 Å². The molecule has 0 bridgehead atoms. The molecule has 1 heterocycles. The van der Waals surface area contributed by atoms with Gasteiger partial charge < -0.3 is 4.74 Å². The van der Waals surface area contributed by atoms with E-state index in [0.717, 1.165) is 0 Å². The first kappa shape index (κ1) is 8.53. The Balaban J connectivity index is 2.58. The van der Waals surface area contributed by atoms with Crippen molar-refractivity contribution in [3.63, 3.8) is 0 Å². The second kappa shape index (κ2) is 3.72. The Morgan fingerprint density at radius 3 is 3.00 bits per heavy atom. The summed E-state index contributed by atoms with van der Waals surface area (Å²) in [4.78, 5) is 12.6. The summed E-state index contributed by atoms with van der Waals surface area (Å²) in [5, 5.41) is 0. The third-order valence-electron chi connectivity index (χ3n) is 1.59. The van der Waals surface area contributed by atoms with Crippen molar-refractivity contribution >= 4 is 21.9 Å². The van der Waals surface area contributed by atoms with Crippen LogP contribution >= 0.6 is 15.9 Å². The summed E-state index contributed by atoms with van der Waals surface area (Å²) >= 11 is 3.12. The van der Waals surface area contributed by atoms with Gasteiger partial charge in [0.2, 0.25) is 0 Å². The molecule has 0 radical (unpaired) electrons. The molecule has 1 fully saturated rings. The van der Waals surface area contributed by atoms with Gasteiger partial charge in [-0.3, -0.25) is 4.79 Å². The van der Waals surface area contributed by atoms with Gasteiger partial charge in [-0.1, -0.05) is 22.0 Å². The number of halogens is 1. The van der Waals surface area contributed by atoms with Crippen LogP contribution in [0.5, 0.6) is 0 Å². The van der Waals surface area contributed by atoms with Gasteiger partial charge in [-0.25, -0.2) is 0 Å². The maximum absolute atomic E-state index is 11.0. The Morgan fingerprint density at radius 2 is 2.55 bits per heavy atom. The highest BCUT2D eigenvalue weighted by Gasteiger charge is 2.28. The molecule has 0 aliphatic carbocycles. The Morgan fingerprint density at radius 1 is 1.82 bits per heavy atom. The molecule has 0 aromatic rings. The average Bonchev–Trinajstić information content (AvgIpc) is 2.33. The number of cyclic esters (lactones) is 1. The number of ether oxygens (including phenoxy) is 1. The monoisotopic (exact) mass is 216 g/mol. The molecule has 11 heavy (non-hydrogen) atoms. The average molecular weight is 217 g/mol. The van der Waals surface area contributed by atoms with Gasteiger partial charge in [0.25, 0.3) is 0 Å². The molecular weight excluding hydrogens is 208 g/mol. The van der Waals surface area contributed by atoms with Crippen LogP contribution in [0, 0.1) is 5.92 Å². The molecule has 0 aromatic carbocycles. The minimum atomic E-state index is -0.143. The van der Waals surface area contributed by atoms with Crippen molar-refractivity contribution in [2.24, 2.45) is 5.92 Å². The second-order valence-corrected chi connectivity index (χ2v) is 2.88. The largest absolute Gasteiger partial charge is 0.430 e. The SMILES string of the molecule is C=CCC1CC(=CBr)OC1=O. The number of rotatable bonds is 2. The lowest BCUT2D eigenvalue weighted by molar-refractivity contribution is -0.138. The smallest absolute Gasteiger partial charge is 0.314 e. The zero-order valence-electron chi connectivity index (χ0n) is 6.05. The van der Waals surface area contributed by atoms with Crippen LogP contribution < -0.4 is 0 Å². The summed E-state index contributed by atoms with van der Waals surface area (Å²) < 4.78 is 4.90. The lowest BCUT2D eigenvalue weighted by atomic mass is 10.0. The molecule has 2 nitrogen and oxygen atoms in total. The molecule has 1 aliphatic rings. The Hall–Kier alpha value is -0.570. The standard InChI is InChI=1S/C8H9BrO2/c1-2-3-6-4-7(5-9)11-8(6)10/h2,5-6H,1,3-4H2. The maximum Gasteiger partial charge on any atom is 0.314 e. The van der Waals surface area contributed by atoms with Gasteiger partial charge in [-0.15, -0.1) is 6.58 Å². The summed E-state index contributed by atoms with van der Waals surface area (Å²) in [6.45, 7) is 3.57. The summed E-state index contributed by atoms with van der Waals surface area (Å²) in [6.07, 6.45) is 3.13. The molecule has 60 valence electrons. The van der Waals surface area contributed by atoms with Crippen molar-refractivity contribution in [3.8, 4) is 0 Å². The molecule has 1 saturated heterocycles. The van der Waals surface area contributed by atoms with Gasteiger partial charge in [0.15, 0.2) is 0 Å². The van der Waals surface area contributed by atoms with Gasteiger partial charge in [-0.2, -0.15) is 0 Å². The van der Waals surface area contributed by atoms with Crippen LogP contribution in [-0.2, 0) is 9.53 Å². The topological polar surface area (TPSA) is 26.3 Å². The molecule has 0 spiro atoms. The fourth-order valence-electron chi connectivity index (χ4n) is 1.03. The highest BCUT2D eigenvalue weighted by molar-refractivity contribution is 9.11. The van der Waals surface area contributed by atoms with Crippen molar-refractivity contribution in [3.05, 3.63) is 23.4 Å². The Bertz CT molecular complexity index is 208. The molecule has 0 aromatic heterocycles. The molecule has 1 aliphatic heterocycles. The first-order valence-electron chi connectivity index (χ1n) is 3.39. The van der Waals surface area contributed by atoms with E-state index in [-0.39, 0.29) is 11.9 Å². The number of carbonyl (C=O) groups excluding carboxylic acids is 1. The molecule has 0 N–H and O–H groups in total. The van der Waals surface area contributed by atoms with E-state index in [0.29, 0.717) is 18.6 Å². The van der Waals surface area contributed by atoms with Crippen LogP contribution in [0.3, 0.4) is 0 Å². The van der Waals surface area contributed by atoms with E-state index in [2.05, 4.69) is 22.5 Å². The fraction of sp³-hybridized carbons (Fsp3) is 0.375. The van der Waals surface area contributed by atoms with Crippen molar-refractivity contribution in [2.75, 3.05) is 0 Å². The van der Waals surface area contributed by atoms with Crippen LogP contribution in [0.2, 0.25) is 0 Å². The third-order valence-corrected chi connectivity index (χ3v) is 2.10. The highest BCUT2D eigenvalue weighted by Crippen LogP contribution is 2.27. The summed E-state index contributed by atoms with van der Waals surface area (Å²) in [5.74, 6) is 0.550. The quantitative estimate of drug-likeness (QED) is 0.524. The first-order chi connectivity index (χ1) is 5.27. The highest BCUT2D eigenvalue weighted by atomic mass is 79.9. The Labute approximate surface area is 74.1 Å². The van der Waals surface area contributed by atoms with Crippen molar-refractivity contribution in [1.29, 1.82) is 0 Å². The summed E-state index contributed by atoms with van der Waals surface area (Å²) in [7, 11) is 0. The van der Waals surface area contributed by atoms with Gasteiger partial charge in [0.1, 0.15) is 5.76 Å². The molecule has 0 saturated carbocycles. The lowest BCUT2D eigenvalue weighted by Crippen LogP contribution is -2.05. The number of hydrogen-bond acceptors (Lipinski definition) is 2. The summed E-state index contributed by atoms with van der Waals surface area (Å²) in [5.41, 5.74) is 0. The first-order valence-corrected chi connectivity index (χ1v) is 4.31. The van der Waals surface area contributed by atoms with Crippen molar-refractivity contribution in [1.82, 2.24) is 0 Å². The van der Waals surface area contributed by atoms with E-state index >= 15 is 0 Å². The third kappa shape index (κ3) is 1.93. The van der Waals surface area contributed by atoms with Crippen LogP contribution in [0.1, 0.15) is 12.8 Å². The van der Waals surface area contributed by atoms with Gasteiger partial charge in [0, 0.05) is 11.4 Å². The molecule has 3 heteroatoms. The molecule has 0 amide bonds. The van der Waals surface area contributed by atoms with Crippen LogP contribution in [0.4, 0.5) is 0 Å². The van der Waals surface area contributed by atoms with Crippen LogP contribution in [0.15, 0.2) is 23.4 Å². The van der Waals surface area contributed by atoms with Crippen LogP contribution in [0.25, 0.3) is 0 Å². The molecule has 1 atom stereocenters. The predicted octanol–water partition coefficient (Wildman–Crippen LogP) is 2.36. The van der Waals surface area contributed by atoms with E-state index in [9.17, 15) is 4.79 Å². The van der Waals surface area contributed by atoms with Crippen LogP contribution in [-0.4, -0.2) is 5.97 Å². The minimum Gasteiger partial charge on any atom is -0.430 e. The van der Waals surface area contributed by atoms with Gasteiger partial charge >= 0.3 is 5.97 Å². The normalized spacial score (nSPS) is 27.2. The van der Waals surface area contributed by atoms with E-state index in [4.69, 9.17) is 4.74 Å². The zero-order valence-corrected chi connectivity index (χ0v) is 7.63. The molecule has 1 rings (SSSR count). The van der Waals surface area contributed by atoms with Crippen molar-refractivity contribution in [2.45, 2.75) is 12.8 Å². The predicted molar refractivity (Wildman–Crippen MR) is 46.0 cm³/mol. The van der Waals surface area contributed by atoms with Gasteiger partial charge in [-0.05, 0) is 6.42 Å². The molecular formula is C8H9BrO2. The number of carbonyl (C=O) groups is 1. The second-order valence-electron chi connectivity index (χ2n) is 2.42. The van der Waals surface area contributed by atoms with E-state index in [1.807, 2.05) is 0 Å². The van der Waals surface area contributed by atoms with Crippen molar-refractivity contribution < 1.29 is 9.53 Å². The lowest BCUT2D eigenvalue weighted by Gasteiger charge is -1.96. The summed E-state index contributed by atoms with van der Waals surface area (Å²) in [6, 6.07) is 0. The fourth-order valence-corrected chi connectivity index (χ4v) is 1.31. The van der Waals surface area contributed by atoms with E-state index in [1.54, 1.807) is 11.1 Å². The number of esters is 1. The maximum atomic E-state index is 11.0. The zero-order chi connectivity index (χ0) is 8.27.